The van der Waals surface area contributed by atoms with Crippen molar-refractivity contribution in [1.82, 2.24) is 14.8 Å². The molecule has 0 radical (unpaired) electrons. The van der Waals surface area contributed by atoms with Crippen molar-refractivity contribution in [2.24, 2.45) is 17.8 Å². The smallest absolute Gasteiger partial charge is 0.250 e. The number of likely N-dealkylation sites (tertiary alicyclic amines) is 1. The Bertz CT molecular complexity index is 756. The van der Waals surface area contributed by atoms with E-state index >= 15 is 0 Å². The van der Waals surface area contributed by atoms with Crippen molar-refractivity contribution < 1.29 is 9.90 Å². The molecular weight excluding hydrogens is 354 g/mol. The summed E-state index contributed by atoms with van der Waals surface area (Å²) in [5.74, 6) is 0.611. The first-order chi connectivity index (χ1) is 13.7. The third-order valence-corrected chi connectivity index (χ3v) is 7.08. The van der Waals surface area contributed by atoms with Gasteiger partial charge in [0.25, 0.3) is 5.56 Å². The number of nitrogens with zero attached hydrogens (tertiary/aromatic N) is 2. The van der Waals surface area contributed by atoms with Crippen LogP contribution in [0.2, 0.25) is 0 Å². The molecule has 0 unspecified atom stereocenters. The van der Waals surface area contributed by atoms with Gasteiger partial charge < -0.3 is 15.0 Å². The van der Waals surface area contributed by atoms with E-state index in [4.69, 9.17) is 0 Å². The summed E-state index contributed by atoms with van der Waals surface area (Å²) in [7, 11) is 0. The van der Waals surface area contributed by atoms with E-state index in [0.717, 1.165) is 18.7 Å². The molecule has 4 atom stereocenters. The largest absolute Gasteiger partial charge is 0.396 e. The van der Waals surface area contributed by atoms with Crippen LogP contribution in [0, 0.1) is 17.8 Å². The molecule has 1 aromatic rings. The van der Waals surface area contributed by atoms with Gasteiger partial charge in [0.05, 0.1) is 12.1 Å². The van der Waals surface area contributed by atoms with Crippen molar-refractivity contribution in [2.75, 3.05) is 19.7 Å². The van der Waals surface area contributed by atoms with Crippen molar-refractivity contribution in [3.8, 4) is 0 Å². The Kier molecular flexibility index (Phi) is 5.88. The van der Waals surface area contributed by atoms with Gasteiger partial charge in [-0.3, -0.25) is 14.5 Å². The van der Waals surface area contributed by atoms with Gasteiger partial charge in [-0.1, -0.05) is 32.3 Å². The Labute approximate surface area is 166 Å². The number of aliphatic hydroxyl groups is 1. The van der Waals surface area contributed by atoms with E-state index in [2.05, 4.69) is 17.1 Å². The van der Waals surface area contributed by atoms with Gasteiger partial charge in [-0.05, 0) is 31.2 Å². The second kappa shape index (κ2) is 8.37. The number of hydrogen-bond acceptors (Lipinski definition) is 4. The average Bonchev–Trinajstić information content (AvgIpc) is 3.23. The van der Waals surface area contributed by atoms with Crippen LogP contribution in [0.5, 0.6) is 0 Å². The van der Waals surface area contributed by atoms with Crippen LogP contribution in [-0.2, 0) is 11.3 Å². The first-order valence-electron chi connectivity index (χ1n) is 11.0. The summed E-state index contributed by atoms with van der Waals surface area (Å²) in [6.45, 7) is 4.18. The summed E-state index contributed by atoms with van der Waals surface area (Å²) in [4.78, 5) is 27.8. The van der Waals surface area contributed by atoms with E-state index in [-0.39, 0.29) is 42.0 Å². The quantitative estimate of drug-likeness (QED) is 0.782. The molecule has 2 aliphatic heterocycles. The molecule has 2 fully saturated rings. The van der Waals surface area contributed by atoms with Gasteiger partial charge in [0.1, 0.15) is 0 Å². The Morgan fingerprint density at radius 3 is 2.75 bits per heavy atom. The summed E-state index contributed by atoms with van der Waals surface area (Å²) in [6, 6.07) is 5.20. The normalized spacial score (nSPS) is 30.2. The molecule has 1 saturated heterocycles. The minimum Gasteiger partial charge on any atom is -0.396 e. The predicted molar refractivity (Wildman–Crippen MR) is 108 cm³/mol. The highest BCUT2D eigenvalue weighted by molar-refractivity contribution is 5.82. The number of nitrogens with one attached hydrogen (secondary N) is 1. The summed E-state index contributed by atoms with van der Waals surface area (Å²) < 4.78 is 1.85. The molecule has 6 heteroatoms. The minimum atomic E-state index is -0.308. The molecule has 1 saturated carbocycles. The van der Waals surface area contributed by atoms with Crippen LogP contribution in [-0.4, -0.2) is 46.2 Å². The van der Waals surface area contributed by atoms with Crippen molar-refractivity contribution in [1.29, 1.82) is 0 Å². The molecule has 1 aromatic heterocycles. The second-order valence-corrected chi connectivity index (χ2v) is 8.79. The van der Waals surface area contributed by atoms with Gasteiger partial charge in [-0.15, -0.1) is 0 Å². The molecule has 0 bridgehead atoms. The lowest BCUT2D eigenvalue weighted by Crippen LogP contribution is -2.49. The zero-order valence-corrected chi connectivity index (χ0v) is 16.8. The maximum atomic E-state index is 13.1. The number of fused-ring (bicyclic) bond motifs is 3. The number of carbonyl (C=O) groups excluding carboxylic acids is 1. The summed E-state index contributed by atoms with van der Waals surface area (Å²) in [5, 5.41) is 13.3. The maximum absolute atomic E-state index is 13.1. The lowest BCUT2D eigenvalue weighted by molar-refractivity contribution is -0.128. The summed E-state index contributed by atoms with van der Waals surface area (Å²) in [6.07, 6.45) is 7.15. The van der Waals surface area contributed by atoms with E-state index in [9.17, 15) is 14.7 Å². The Balaban J connectivity index is 1.68. The van der Waals surface area contributed by atoms with Crippen molar-refractivity contribution in [2.45, 2.75) is 64.1 Å². The van der Waals surface area contributed by atoms with E-state index in [1.165, 1.54) is 32.1 Å². The fourth-order valence-electron chi connectivity index (χ4n) is 5.79. The van der Waals surface area contributed by atoms with E-state index < -0.39 is 0 Å². The predicted octanol–water partition coefficient (Wildman–Crippen LogP) is 1.92. The summed E-state index contributed by atoms with van der Waals surface area (Å²) in [5.41, 5.74) is 1.03. The summed E-state index contributed by atoms with van der Waals surface area (Å²) >= 11 is 0. The lowest BCUT2D eigenvalue weighted by Gasteiger charge is -2.35. The molecule has 154 valence electrons. The highest BCUT2D eigenvalue weighted by Crippen LogP contribution is 2.49. The SMILES string of the molecule is CCCNC(=O)[C@H]1[C@H](CO)[C@H]2Cn3c(cccc3=O)[C@H]2N1CC1CCCCC1. The number of aliphatic hydroxyl groups excluding tert-OH is 1. The van der Waals surface area contributed by atoms with Gasteiger partial charge in [0.2, 0.25) is 5.91 Å². The zero-order valence-electron chi connectivity index (χ0n) is 16.8. The molecule has 28 heavy (non-hydrogen) atoms. The van der Waals surface area contributed by atoms with Gasteiger partial charge in [-0.25, -0.2) is 0 Å². The standard InChI is InChI=1S/C22H33N3O3/c1-2-11-23-22(28)21-17(14-26)16-13-24-18(9-6-10-19(24)27)20(16)25(21)12-15-7-4-3-5-8-15/h6,9-10,15-17,20-21,26H,2-5,7-8,11-14H2,1H3,(H,23,28)/t16-,17-,20+,21-/m1/s1. The number of pyridine rings is 1. The Morgan fingerprint density at radius 1 is 1.25 bits per heavy atom. The number of carbonyl (C=O) groups is 1. The molecule has 0 aromatic carbocycles. The topological polar surface area (TPSA) is 74.6 Å². The fourth-order valence-corrected chi connectivity index (χ4v) is 5.79. The first kappa shape index (κ1) is 19.6. The van der Waals surface area contributed by atoms with Crippen LogP contribution in [0.25, 0.3) is 0 Å². The molecule has 3 aliphatic rings. The van der Waals surface area contributed by atoms with Crippen LogP contribution >= 0.6 is 0 Å². The van der Waals surface area contributed by atoms with Crippen LogP contribution in [0.1, 0.15) is 57.2 Å². The monoisotopic (exact) mass is 387 g/mol. The number of aromatic nitrogens is 1. The number of amides is 1. The van der Waals surface area contributed by atoms with E-state index in [1.54, 1.807) is 6.07 Å². The van der Waals surface area contributed by atoms with Gasteiger partial charge in [0, 0.05) is 49.8 Å². The third-order valence-electron chi connectivity index (χ3n) is 7.08. The third kappa shape index (κ3) is 3.41. The zero-order chi connectivity index (χ0) is 19.7. The highest BCUT2D eigenvalue weighted by Gasteiger charge is 2.55. The van der Waals surface area contributed by atoms with Crippen molar-refractivity contribution >= 4 is 5.91 Å². The molecule has 1 amide bonds. The number of hydrogen-bond donors (Lipinski definition) is 2. The lowest BCUT2D eigenvalue weighted by atomic mass is 9.88. The Hall–Kier alpha value is -1.66. The van der Waals surface area contributed by atoms with Crippen LogP contribution in [0.4, 0.5) is 0 Å². The van der Waals surface area contributed by atoms with Gasteiger partial charge in [-0.2, -0.15) is 0 Å². The maximum Gasteiger partial charge on any atom is 0.250 e. The number of rotatable bonds is 6. The Morgan fingerprint density at radius 2 is 2.04 bits per heavy atom. The highest BCUT2D eigenvalue weighted by atomic mass is 16.3. The minimum absolute atomic E-state index is 0.0186. The molecule has 0 spiro atoms. The van der Waals surface area contributed by atoms with Gasteiger partial charge >= 0.3 is 0 Å². The van der Waals surface area contributed by atoms with Crippen LogP contribution in [0.15, 0.2) is 23.0 Å². The molecule has 6 nitrogen and oxygen atoms in total. The van der Waals surface area contributed by atoms with E-state index in [0.29, 0.717) is 19.0 Å². The van der Waals surface area contributed by atoms with Crippen molar-refractivity contribution in [3.05, 3.63) is 34.2 Å². The molecule has 4 rings (SSSR count). The van der Waals surface area contributed by atoms with Crippen LogP contribution in [0.3, 0.4) is 0 Å². The fraction of sp³-hybridized carbons (Fsp3) is 0.727. The van der Waals surface area contributed by atoms with Gasteiger partial charge in [0.15, 0.2) is 0 Å². The first-order valence-corrected chi connectivity index (χ1v) is 11.0. The van der Waals surface area contributed by atoms with E-state index in [1.807, 2.05) is 16.7 Å². The molecule has 2 N–H and O–H groups in total. The second-order valence-electron chi connectivity index (χ2n) is 8.79. The van der Waals surface area contributed by atoms with Crippen LogP contribution < -0.4 is 10.9 Å². The average molecular weight is 388 g/mol. The molecule has 1 aliphatic carbocycles. The molecule has 3 heterocycles. The molecular formula is C22H33N3O3. The van der Waals surface area contributed by atoms with Crippen molar-refractivity contribution in [3.63, 3.8) is 0 Å².